The van der Waals surface area contributed by atoms with Gasteiger partial charge in [0.05, 0.1) is 17.8 Å². The molecule has 7 nitrogen and oxygen atoms in total. The fourth-order valence-electron chi connectivity index (χ4n) is 2.96. The van der Waals surface area contributed by atoms with E-state index in [4.69, 9.17) is 15.0 Å². The third-order valence-electron chi connectivity index (χ3n) is 4.20. The van der Waals surface area contributed by atoms with Gasteiger partial charge in [-0.2, -0.15) is 5.10 Å². The first kappa shape index (κ1) is 16.0. The van der Waals surface area contributed by atoms with Crippen molar-refractivity contribution < 1.29 is 9.15 Å². The van der Waals surface area contributed by atoms with Crippen molar-refractivity contribution in [3.05, 3.63) is 60.1 Å². The van der Waals surface area contributed by atoms with Crippen LogP contribution in [0.3, 0.4) is 0 Å². The van der Waals surface area contributed by atoms with E-state index in [9.17, 15) is 0 Å². The van der Waals surface area contributed by atoms with E-state index in [2.05, 4.69) is 20.6 Å². The highest BCUT2D eigenvalue weighted by Crippen LogP contribution is 2.35. The lowest BCUT2D eigenvalue weighted by Gasteiger charge is -2.14. The lowest BCUT2D eigenvalue weighted by Crippen LogP contribution is -2.11. The molecular formula is C19H17N5O2. The summed E-state index contributed by atoms with van der Waals surface area (Å²) in [6.07, 6.45) is 4.99. The molecule has 0 atom stereocenters. The fourth-order valence-corrected chi connectivity index (χ4v) is 2.96. The molecule has 3 aromatic heterocycles. The predicted molar refractivity (Wildman–Crippen MR) is 98.8 cm³/mol. The van der Waals surface area contributed by atoms with Gasteiger partial charge in [0, 0.05) is 11.8 Å². The number of hydrogen-bond donors (Lipinski definition) is 2. The van der Waals surface area contributed by atoms with E-state index in [0.29, 0.717) is 17.4 Å². The van der Waals surface area contributed by atoms with Gasteiger partial charge < -0.3 is 14.6 Å². The number of nitrogens with zero attached hydrogens (tertiary/aromatic N) is 3. The van der Waals surface area contributed by atoms with Crippen molar-refractivity contribution in [1.82, 2.24) is 15.2 Å². The molecule has 0 radical (unpaired) electrons. The number of fused-ring (bicyclic) bond motifs is 1. The second-order valence-corrected chi connectivity index (χ2v) is 5.92. The first-order valence-electron chi connectivity index (χ1n) is 8.07. The maximum atomic E-state index is 5.97. The largest absolute Gasteiger partial charge is 0.464 e. The van der Waals surface area contributed by atoms with E-state index in [1.165, 1.54) is 0 Å². The molecule has 130 valence electrons. The van der Waals surface area contributed by atoms with Crippen LogP contribution in [0.5, 0.6) is 11.6 Å². The van der Waals surface area contributed by atoms with Gasteiger partial charge in [-0.3, -0.25) is 0 Å². The summed E-state index contributed by atoms with van der Waals surface area (Å²) in [6.45, 7) is 3.98. The SMILES string of the molecule is Cc1cc(Oc2nccc3occc23)ccc1-c1c(C)cnnc1NN. The molecule has 3 N–H and O–H groups in total. The number of anilines is 1. The van der Waals surface area contributed by atoms with Gasteiger partial charge >= 0.3 is 0 Å². The van der Waals surface area contributed by atoms with Crippen molar-refractivity contribution in [3.8, 4) is 22.8 Å². The normalized spacial score (nSPS) is 10.9. The van der Waals surface area contributed by atoms with Crippen molar-refractivity contribution in [2.24, 2.45) is 5.84 Å². The van der Waals surface area contributed by atoms with Crippen molar-refractivity contribution >= 4 is 16.8 Å². The number of pyridine rings is 1. The highest BCUT2D eigenvalue weighted by molar-refractivity contribution is 5.82. The van der Waals surface area contributed by atoms with Crippen molar-refractivity contribution in [2.45, 2.75) is 13.8 Å². The number of nitrogens with two attached hydrogens (primary N) is 1. The van der Waals surface area contributed by atoms with Gasteiger partial charge in [0.1, 0.15) is 11.3 Å². The summed E-state index contributed by atoms with van der Waals surface area (Å²) in [5, 5.41) is 8.82. The summed E-state index contributed by atoms with van der Waals surface area (Å²) in [6, 6.07) is 9.46. The Balaban J connectivity index is 1.72. The Morgan fingerprint density at radius 1 is 1.12 bits per heavy atom. The second-order valence-electron chi connectivity index (χ2n) is 5.92. The van der Waals surface area contributed by atoms with Crippen molar-refractivity contribution in [3.63, 3.8) is 0 Å². The van der Waals surface area contributed by atoms with Gasteiger partial charge in [-0.05, 0) is 54.8 Å². The first-order chi connectivity index (χ1) is 12.7. The molecule has 0 bridgehead atoms. The number of rotatable bonds is 4. The number of benzene rings is 1. The molecule has 0 saturated carbocycles. The summed E-state index contributed by atoms with van der Waals surface area (Å²) in [5.74, 6) is 7.32. The quantitative estimate of drug-likeness (QED) is 0.425. The average Bonchev–Trinajstić information content (AvgIpc) is 3.12. The highest BCUT2D eigenvalue weighted by Gasteiger charge is 2.14. The van der Waals surface area contributed by atoms with Crippen LogP contribution in [0.1, 0.15) is 11.1 Å². The van der Waals surface area contributed by atoms with Crippen LogP contribution >= 0.6 is 0 Å². The highest BCUT2D eigenvalue weighted by atomic mass is 16.5. The lowest BCUT2D eigenvalue weighted by atomic mass is 9.98. The van der Waals surface area contributed by atoms with Crippen LogP contribution in [0.15, 0.2) is 53.4 Å². The standard InChI is InChI=1S/C19H17N5O2/c1-11-9-13(26-19-15-6-8-25-16(15)5-7-21-19)3-4-14(11)17-12(2)10-22-24-18(17)23-20/h3-10H,20H2,1-2H3,(H,23,24). The van der Waals surface area contributed by atoms with Crippen LogP contribution in [0, 0.1) is 13.8 Å². The molecule has 0 saturated heterocycles. The average molecular weight is 347 g/mol. The Morgan fingerprint density at radius 2 is 2.00 bits per heavy atom. The molecule has 26 heavy (non-hydrogen) atoms. The number of hydrazine groups is 1. The number of hydrogen-bond acceptors (Lipinski definition) is 7. The van der Waals surface area contributed by atoms with E-state index < -0.39 is 0 Å². The fraction of sp³-hybridized carbons (Fsp3) is 0.105. The molecule has 0 fully saturated rings. The molecule has 0 aliphatic rings. The summed E-state index contributed by atoms with van der Waals surface area (Å²) >= 11 is 0. The molecule has 4 rings (SSSR count). The number of ether oxygens (including phenoxy) is 1. The van der Waals surface area contributed by atoms with E-state index >= 15 is 0 Å². The molecule has 7 heteroatoms. The Kier molecular flexibility index (Phi) is 3.98. The molecule has 1 aromatic carbocycles. The van der Waals surface area contributed by atoms with E-state index in [1.54, 1.807) is 24.7 Å². The molecule has 0 unspecified atom stereocenters. The van der Waals surface area contributed by atoms with Gasteiger partial charge in [-0.15, -0.1) is 5.10 Å². The summed E-state index contributed by atoms with van der Waals surface area (Å²) < 4.78 is 11.4. The Labute approximate surface area is 149 Å². The molecule has 4 aromatic rings. The predicted octanol–water partition coefficient (Wildman–Crippen LogP) is 3.98. The Hall–Kier alpha value is -3.45. The van der Waals surface area contributed by atoms with Gasteiger partial charge in [0.15, 0.2) is 5.82 Å². The first-order valence-corrected chi connectivity index (χ1v) is 8.07. The van der Waals surface area contributed by atoms with E-state index in [-0.39, 0.29) is 0 Å². The third-order valence-corrected chi connectivity index (χ3v) is 4.20. The van der Waals surface area contributed by atoms with Crippen molar-refractivity contribution in [1.29, 1.82) is 0 Å². The van der Waals surface area contributed by atoms with Crippen LogP contribution in [-0.2, 0) is 0 Å². The van der Waals surface area contributed by atoms with Crippen LogP contribution < -0.4 is 16.0 Å². The number of furan rings is 1. The van der Waals surface area contributed by atoms with E-state index in [1.807, 2.05) is 38.1 Å². The lowest BCUT2D eigenvalue weighted by molar-refractivity contribution is 0.468. The molecule has 0 spiro atoms. The van der Waals surface area contributed by atoms with Crippen LogP contribution in [0.4, 0.5) is 5.82 Å². The maximum Gasteiger partial charge on any atom is 0.230 e. The van der Waals surface area contributed by atoms with Gasteiger partial charge in [0.25, 0.3) is 0 Å². The monoisotopic (exact) mass is 347 g/mol. The molecule has 0 aliphatic heterocycles. The Bertz CT molecular complexity index is 1090. The Morgan fingerprint density at radius 3 is 2.81 bits per heavy atom. The molecular weight excluding hydrogens is 330 g/mol. The third kappa shape index (κ3) is 2.74. The number of aryl methyl sites for hydroxylation is 2. The topological polar surface area (TPSA) is 99.1 Å². The van der Waals surface area contributed by atoms with Gasteiger partial charge in [-0.1, -0.05) is 6.07 Å². The summed E-state index contributed by atoms with van der Waals surface area (Å²) in [7, 11) is 0. The van der Waals surface area contributed by atoms with Crippen LogP contribution in [0.25, 0.3) is 22.1 Å². The minimum atomic E-state index is 0.509. The minimum absolute atomic E-state index is 0.509. The maximum absolute atomic E-state index is 5.97. The summed E-state index contributed by atoms with van der Waals surface area (Å²) in [5.41, 5.74) is 7.27. The zero-order valence-corrected chi connectivity index (χ0v) is 14.4. The molecule has 0 amide bonds. The van der Waals surface area contributed by atoms with Gasteiger partial charge in [0.2, 0.25) is 5.88 Å². The second kappa shape index (κ2) is 6.45. The van der Waals surface area contributed by atoms with Crippen LogP contribution in [0.2, 0.25) is 0 Å². The van der Waals surface area contributed by atoms with E-state index in [0.717, 1.165) is 33.2 Å². The van der Waals surface area contributed by atoms with Gasteiger partial charge in [-0.25, -0.2) is 10.8 Å². The van der Waals surface area contributed by atoms with Crippen LogP contribution in [-0.4, -0.2) is 15.2 Å². The smallest absolute Gasteiger partial charge is 0.230 e. The summed E-state index contributed by atoms with van der Waals surface area (Å²) in [4.78, 5) is 4.30. The molecule has 3 heterocycles. The number of aromatic nitrogens is 3. The molecule has 0 aliphatic carbocycles. The zero-order valence-electron chi connectivity index (χ0n) is 14.4. The number of nitrogens with one attached hydrogen (secondary N) is 1. The zero-order chi connectivity index (χ0) is 18.1. The minimum Gasteiger partial charge on any atom is -0.464 e. The number of nitrogen functional groups attached to an aromatic ring is 1. The van der Waals surface area contributed by atoms with Crippen molar-refractivity contribution in [2.75, 3.05) is 5.43 Å².